The minimum absolute atomic E-state index is 0.223. The summed E-state index contributed by atoms with van der Waals surface area (Å²) in [6, 6.07) is 10.4. The first-order valence-corrected chi connectivity index (χ1v) is 12.5. The highest BCUT2D eigenvalue weighted by Crippen LogP contribution is 2.37. The number of rotatable bonds is 4. The normalized spacial score (nSPS) is 18.2. The molecule has 0 unspecified atom stereocenters. The van der Waals surface area contributed by atoms with Crippen molar-refractivity contribution in [2.24, 2.45) is 0 Å². The number of nitriles is 2. The van der Waals surface area contributed by atoms with Crippen LogP contribution in [0.1, 0.15) is 30.0 Å². The van der Waals surface area contributed by atoms with Gasteiger partial charge < -0.3 is 0 Å². The zero-order chi connectivity index (χ0) is 22.9. The van der Waals surface area contributed by atoms with Gasteiger partial charge in [-0.05, 0) is 37.1 Å². The maximum atomic E-state index is 13.6. The molecule has 0 amide bonds. The third-order valence-corrected chi connectivity index (χ3v) is 8.13. The fourth-order valence-corrected chi connectivity index (χ4v) is 6.28. The molecule has 0 bridgehead atoms. The van der Waals surface area contributed by atoms with Gasteiger partial charge in [-0.2, -0.15) is 20.7 Å². The van der Waals surface area contributed by atoms with E-state index in [2.05, 4.69) is 16.3 Å². The molecule has 7 nitrogen and oxygen atoms in total. The minimum Gasteiger partial charge on any atom is -0.269 e. The molecule has 1 aromatic carbocycles. The SMILES string of the molecule is N#Cc1cc(F)ccc1Sc1cc(-c2cnn(C3CCS(=O)CC3)c2)cn2ncc(C#N)c12. The Kier molecular flexibility index (Phi) is 5.71. The van der Waals surface area contributed by atoms with Crippen molar-refractivity contribution in [2.45, 2.75) is 28.7 Å². The van der Waals surface area contributed by atoms with E-state index >= 15 is 0 Å². The lowest BCUT2D eigenvalue weighted by atomic mass is 10.1. The van der Waals surface area contributed by atoms with Crippen LogP contribution in [0.4, 0.5) is 4.39 Å². The molecule has 4 aromatic rings. The number of hydrogen-bond donors (Lipinski definition) is 0. The summed E-state index contributed by atoms with van der Waals surface area (Å²) in [6.45, 7) is 0. The topological polar surface area (TPSA) is 99.8 Å². The lowest BCUT2D eigenvalue weighted by Gasteiger charge is -2.21. The van der Waals surface area contributed by atoms with Gasteiger partial charge in [0, 0.05) is 55.6 Å². The molecule has 4 heterocycles. The van der Waals surface area contributed by atoms with Crippen LogP contribution in [-0.4, -0.2) is 35.1 Å². The van der Waals surface area contributed by atoms with Gasteiger partial charge in [0.15, 0.2) is 0 Å². The number of nitrogens with zero attached hydrogens (tertiary/aromatic N) is 6. The maximum Gasteiger partial charge on any atom is 0.124 e. The summed E-state index contributed by atoms with van der Waals surface area (Å²) >= 11 is 1.29. The van der Waals surface area contributed by atoms with Gasteiger partial charge in [0.2, 0.25) is 0 Å². The van der Waals surface area contributed by atoms with Crippen molar-refractivity contribution in [1.82, 2.24) is 19.4 Å². The zero-order valence-corrected chi connectivity index (χ0v) is 18.9. The lowest BCUT2D eigenvalue weighted by molar-refractivity contribution is 0.421. The van der Waals surface area contributed by atoms with Gasteiger partial charge in [0.25, 0.3) is 0 Å². The predicted octanol–water partition coefficient (Wildman–Crippen LogP) is 4.32. The van der Waals surface area contributed by atoms with Crippen molar-refractivity contribution < 1.29 is 8.60 Å². The second kappa shape index (κ2) is 8.81. The monoisotopic (exact) mass is 476 g/mol. The van der Waals surface area contributed by atoms with Gasteiger partial charge in [-0.3, -0.25) is 8.89 Å². The Morgan fingerprint density at radius 2 is 1.79 bits per heavy atom. The van der Waals surface area contributed by atoms with Crippen LogP contribution in [0.2, 0.25) is 0 Å². The first-order valence-electron chi connectivity index (χ1n) is 10.2. The van der Waals surface area contributed by atoms with E-state index in [0.717, 1.165) is 28.9 Å². The Labute approximate surface area is 195 Å². The molecule has 0 radical (unpaired) electrons. The van der Waals surface area contributed by atoms with Gasteiger partial charge >= 0.3 is 0 Å². The highest BCUT2D eigenvalue weighted by molar-refractivity contribution is 7.99. The van der Waals surface area contributed by atoms with Gasteiger partial charge in [-0.25, -0.2) is 8.91 Å². The van der Waals surface area contributed by atoms with Crippen LogP contribution in [0.5, 0.6) is 0 Å². The summed E-state index contributed by atoms with van der Waals surface area (Å²) in [5, 5.41) is 27.9. The van der Waals surface area contributed by atoms with Crippen molar-refractivity contribution in [2.75, 3.05) is 11.5 Å². The van der Waals surface area contributed by atoms with Gasteiger partial charge in [0.05, 0.1) is 35.1 Å². The van der Waals surface area contributed by atoms with Crippen LogP contribution in [0.15, 0.2) is 58.8 Å². The average molecular weight is 477 g/mol. The third kappa shape index (κ3) is 4.15. The summed E-state index contributed by atoms with van der Waals surface area (Å²) in [4.78, 5) is 1.32. The van der Waals surface area contributed by atoms with Crippen LogP contribution in [0.3, 0.4) is 0 Å². The third-order valence-electron chi connectivity index (χ3n) is 5.65. The average Bonchev–Trinajstić information content (AvgIpc) is 3.48. The number of benzene rings is 1. The smallest absolute Gasteiger partial charge is 0.124 e. The van der Waals surface area contributed by atoms with E-state index < -0.39 is 16.6 Å². The molecular formula is C23H17FN6OS2. The van der Waals surface area contributed by atoms with Gasteiger partial charge in [-0.15, -0.1) is 0 Å². The first-order chi connectivity index (χ1) is 16.1. The van der Waals surface area contributed by atoms with Crippen LogP contribution < -0.4 is 0 Å². The molecular weight excluding hydrogens is 459 g/mol. The number of halogens is 1. The maximum absolute atomic E-state index is 13.6. The summed E-state index contributed by atoms with van der Waals surface area (Å²) in [6.07, 6.45) is 8.77. The molecule has 164 valence electrons. The Balaban J connectivity index is 1.56. The second-order valence-corrected chi connectivity index (χ2v) is 10.5. The first kappa shape index (κ1) is 21.4. The molecule has 0 aliphatic carbocycles. The van der Waals surface area contributed by atoms with E-state index in [9.17, 15) is 19.1 Å². The Morgan fingerprint density at radius 3 is 2.55 bits per heavy atom. The van der Waals surface area contributed by atoms with E-state index in [1.807, 2.05) is 29.2 Å². The zero-order valence-electron chi connectivity index (χ0n) is 17.3. The largest absolute Gasteiger partial charge is 0.269 e. The Morgan fingerprint density at radius 1 is 1.00 bits per heavy atom. The van der Waals surface area contributed by atoms with Crippen molar-refractivity contribution in [3.05, 3.63) is 66.0 Å². The van der Waals surface area contributed by atoms with Gasteiger partial charge in [-0.1, -0.05) is 11.8 Å². The second-order valence-electron chi connectivity index (χ2n) is 7.70. The highest BCUT2D eigenvalue weighted by Gasteiger charge is 2.21. The standard InChI is InChI=1S/C23H17FN6OS2/c24-19-1-2-21(15(7-19)9-25)32-22-8-16(13-30-23(22)17(10-26)11-28-30)18-12-27-29(14-18)20-3-5-33(31)6-4-20/h1-2,7-8,11-14,20H,3-6H2. The van der Waals surface area contributed by atoms with E-state index in [0.29, 0.717) is 27.5 Å². The Bertz CT molecular complexity index is 1470. The van der Waals surface area contributed by atoms with Crippen LogP contribution in [0, 0.1) is 28.5 Å². The van der Waals surface area contributed by atoms with Crippen LogP contribution in [-0.2, 0) is 10.8 Å². The molecule has 1 fully saturated rings. The number of pyridine rings is 1. The lowest BCUT2D eigenvalue weighted by Crippen LogP contribution is -2.21. The van der Waals surface area contributed by atoms with E-state index in [1.54, 1.807) is 16.8 Å². The van der Waals surface area contributed by atoms with Crippen molar-refractivity contribution in [1.29, 1.82) is 10.5 Å². The molecule has 33 heavy (non-hydrogen) atoms. The number of aromatic nitrogens is 4. The molecule has 0 spiro atoms. The fraction of sp³-hybridized carbons (Fsp3) is 0.217. The molecule has 0 saturated carbocycles. The van der Waals surface area contributed by atoms with E-state index in [1.165, 1.54) is 30.1 Å². The van der Waals surface area contributed by atoms with Crippen molar-refractivity contribution >= 4 is 28.1 Å². The summed E-state index contributed by atoms with van der Waals surface area (Å²) in [5.74, 6) is 0.904. The summed E-state index contributed by atoms with van der Waals surface area (Å²) in [7, 11) is -0.733. The molecule has 0 atom stereocenters. The molecule has 5 rings (SSSR count). The molecule has 0 N–H and O–H groups in total. The molecule has 10 heteroatoms. The van der Waals surface area contributed by atoms with Crippen LogP contribution in [0.25, 0.3) is 16.6 Å². The highest BCUT2D eigenvalue weighted by atomic mass is 32.2. The quantitative estimate of drug-likeness (QED) is 0.435. The number of hydrogen-bond acceptors (Lipinski definition) is 6. The molecule has 1 aliphatic rings. The minimum atomic E-state index is -0.733. The predicted molar refractivity (Wildman–Crippen MR) is 123 cm³/mol. The molecule has 1 aliphatic heterocycles. The van der Waals surface area contributed by atoms with Crippen molar-refractivity contribution in [3.8, 4) is 23.3 Å². The summed E-state index contributed by atoms with van der Waals surface area (Å²) in [5.41, 5.74) is 3.00. The van der Waals surface area contributed by atoms with E-state index in [4.69, 9.17) is 0 Å². The van der Waals surface area contributed by atoms with E-state index in [-0.39, 0.29) is 11.6 Å². The Hall–Kier alpha value is -3.47. The molecule has 1 saturated heterocycles. The fourth-order valence-electron chi connectivity index (χ4n) is 3.93. The van der Waals surface area contributed by atoms with Crippen molar-refractivity contribution in [3.63, 3.8) is 0 Å². The summed E-state index contributed by atoms with van der Waals surface area (Å²) < 4.78 is 28.9. The number of fused-ring (bicyclic) bond motifs is 1. The van der Waals surface area contributed by atoms with Gasteiger partial charge in [0.1, 0.15) is 18.0 Å². The van der Waals surface area contributed by atoms with Crippen LogP contribution >= 0.6 is 11.8 Å². The molecule has 3 aromatic heterocycles.